The van der Waals surface area contributed by atoms with Crippen LogP contribution < -0.4 is 0 Å². The van der Waals surface area contributed by atoms with Crippen LogP contribution in [0.1, 0.15) is 66.2 Å². The molecule has 0 aromatic rings. The molecule has 0 amide bonds. The Bertz CT molecular complexity index is 518. The van der Waals surface area contributed by atoms with Gasteiger partial charge in [-0.1, -0.05) is 40.2 Å². The van der Waals surface area contributed by atoms with E-state index in [1.54, 1.807) is 0 Å². The van der Waals surface area contributed by atoms with Crippen molar-refractivity contribution in [3.8, 4) is 0 Å². The van der Waals surface area contributed by atoms with Gasteiger partial charge in [0.15, 0.2) is 0 Å². The molecular weight excluding hydrogens is 272 g/mol. The van der Waals surface area contributed by atoms with Crippen molar-refractivity contribution in [1.82, 2.24) is 0 Å². The molecule has 0 radical (unpaired) electrons. The van der Waals surface area contributed by atoms with Gasteiger partial charge in [0, 0.05) is 5.92 Å². The fraction of sp³-hybridized carbons (Fsp3) is 0.800. The minimum Gasteiger partial charge on any atom is -0.303 e. The van der Waals surface area contributed by atoms with Crippen molar-refractivity contribution in [2.24, 2.45) is 34.0 Å². The molecule has 2 nitrogen and oxygen atoms in total. The SMILES string of the molecule is CC1(C)CCC[C@@]2(C)C1CC[C@@]1(C)[C@@H](C=O)C(C=O)=CC[C@@H]12. The summed E-state index contributed by atoms with van der Waals surface area (Å²) in [5, 5.41) is 0. The van der Waals surface area contributed by atoms with Crippen LogP contribution in [0.15, 0.2) is 11.6 Å². The van der Waals surface area contributed by atoms with E-state index in [4.69, 9.17) is 0 Å². The second-order valence-corrected chi connectivity index (χ2v) is 9.17. The van der Waals surface area contributed by atoms with Crippen LogP contribution in [0.2, 0.25) is 0 Å². The molecule has 0 N–H and O–H groups in total. The summed E-state index contributed by atoms with van der Waals surface area (Å²) in [4.78, 5) is 23.2. The Morgan fingerprint density at radius 2 is 1.73 bits per heavy atom. The molecule has 122 valence electrons. The summed E-state index contributed by atoms with van der Waals surface area (Å²) in [5.74, 6) is 1.06. The Morgan fingerprint density at radius 3 is 2.36 bits per heavy atom. The predicted molar refractivity (Wildman–Crippen MR) is 88.4 cm³/mol. The normalized spacial score (nSPS) is 46.9. The number of allylic oxidation sites excluding steroid dienone is 2. The molecule has 0 aromatic heterocycles. The summed E-state index contributed by atoms with van der Waals surface area (Å²) in [6, 6.07) is 0. The van der Waals surface area contributed by atoms with Crippen LogP contribution in [0.3, 0.4) is 0 Å². The molecule has 0 heterocycles. The first-order valence-corrected chi connectivity index (χ1v) is 8.90. The first kappa shape index (κ1) is 16.0. The number of fused-ring (bicyclic) bond motifs is 3. The second kappa shape index (κ2) is 5.04. The third kappa shape index (κ3) is 1.98. The smallest absolute Gasteiger partial charge is 0.146 e. The molecular formula is C20H30O2. The van der Waals surface area contributed by atoms with Gasteiger partial charge in [0.1, 0.15) is 12.6 Å². The molecule has 3 aliphatic rings. The summed E-state index contributed by atoms with van der Waals surface area (Å²) < 4.78 is 0. The van der Waals surface area contributed by atoms with Gasteiger partial charge in [-0.25, -0.2) is 0 Å². The van der Waals surface area contributed by atoms with E-state index >= 15 is 0 Å². The van der Waals surface area contributed by atoms with E-state index in [1.165, 1.54) is 25.7 Å². The molecule has 1 unspecified atom stereocenters. The Balaban J connectivity index is 2.06. The number of carbonyl (C=O) groups excluding carboxylic acids is 2. The van der Waals surface area contributed by atoms with Gasteiger partial charge in [0.25, 0.3) is 0 Å². The standard InChI is InChI=1S/C20H30O2/c1-18(2)9-5-10-20(4)16(18)8-11-19(3)15(13-22)14(12-21)6-7-17(19)20/h6,12-13,15-17H,5,7-11H2,1-4H3/t15-,16?,17-,19-,20-/m0/s1. The van der Waals surface area contributed by atoms with Gasteiger partial charge >= 0.3 is 0 Å². The second-order valence-electron chi connectivity index (χ2n) is 9.17. The Labute approximate surface area is 134 Å². The van der Waals surface area contributed by atoms with Crippen molar-refractivity contribution in [3.63, 3.8) is 0 Å². The van der Waals surface area contributed by atoms with Gasteiger partial charge in [-0.05, 0) is 65.8 Å². The first-order chi connectivity index (χ1) is 10.3. The van der Waals surface area contributed by atoms with Crippen molar-refractivity contribution in [2.45, 2.75) is 66.2 Å². The third-order valence-electron chi connectivity index (χ3n) is 7.77. The maximum Gasteiger partial charge on any atom is 0.146 e. The molecule has 0 spiro atoms. The Hall–Kier alpha value is -0.920. The van der Waals surface area contributed by atoms with Gasteiger partial charge in [0.05, 0.1) is 0 Å². The van der Waals surface area contributed by atoms with E-state index in [1.807, 2.05) is 0 Å². The Morgan fingerprint density at radius 1 is 1.00 bits per heavy atom. The third-order valence-corrected chi connectivity index (χ3v) is 7.77. The van der Waals surface area contributed by atoms with E-state index in [-0.39, 0.29) is 11.3 Å². The van der Waals surface area contributed by atoms with Crippen molar-refractivity contribution in [2.75, 3.05) is 0 Å². The average molecular weight is 302 g/mol. The lowest BCUT2D eigenvalue weighted by molar-refractivity contribution is -0.151. The quantitative estimate of drug-likeness (QED) is 0.700. The molecule has 2 saturated carbocycles. The number of aldehydes is 2. The average Bonchev–Trinajstić information content (AvgIpc) is 2.44. The summed E-state index contributed by atoms with van der Waals surface area (Å²) in [6.45, 7) is 9.62. The van der Waals surface area contributed by atoms with Gasteiger partial charge in [-0.15, -0.1) is 0 Å². The van der Waals surface area contributed by atoms with E-state index in [0.29, 0.717) is 16.7 Å². The highest BCUT2D eigenvalue weighted by Gasteiger charge is 2.60. The zero-order valence-electron chi connectivity index (χ0n) is 14.5. The Kier molecular flexibility index (Phi) is 3.66. The molecule has 0 aromatic carbocycles. The van der Waals surface area contributed by atoms with Crippen LogP contribution in [0.5, 0.6) is 0 Å². The van der Waals surface area contributed by atoms with Crippen LogP contribution in [0.25, 0.3) is 0 Å². The van der Waals surface area contributed by atoms with Gasteiger partial charge in [0.2, 0.25) is 0 Å². The minimum absolute atomic E-state index is 0.0363. The maximum absolute atomic E-state index is 11.8. The molecule has 3 rings (SSSR count). The van der Waals surface area contributed by atoms with Crippen LogP contribution in [0.4, 0.5) is 0 Å². The zero-order valence-corrected chi connectivity index (χ0v) is 14.5. The lowest BCUT2D eigenvalue weighted by Gasteiger charge is -2.64. The first-order valence-electron chi connectivity index (χ1n) is 8.90. The number of rotatable bonds is 2. The van der Waals surface area contributed by atoms with E-state index in [9.17, 15) is 9.59 Å². The molecule has 22 heavy (non-hydrogen) atoms. The van der Waals surface area contributed by atoms with E-state index < -0.39 is 0 Å². The number of hydrogen-bond acceptors (Lipinski definition) is 2. The van der Waals surface area contributed by atoms with Gasteiger partial charge in [-0.3, -0.25) is 4.79 Å². The van der Waals surface area contributed by atoms with E-state index in [2.05, 4.69) is 33.8 Å². The van der Waals surface area contributed by atoms with Crippen molar-refractivity contribution >= 4 is 12.6 Å². The molecule has 3 aliphatic carbocycles. The summed E-state index contributed by atoms with van der Waals surface area (Å²) in [6.07, 6.45) is 11.2. The molecule has 5 atom stereocenters. The van der Waals surface area contributed by atoms with Gasteiger partial charge < -0.3 is 4.79 Å². The highest BCUT2D eigenvalue weighted by Crippen LogP contribution is 2.67. The predicted octanol–water partition coefficient (Wildman–Crippen LogP) is 4.58. The van der Waals surface area contributed by atoms with Crippen LogP contribution in [0, 0.1) is 34.0 Å². The highest BCUT2D eigenvalue weighted by molar-refractivity contribution is 5.82. The topological polar surface area (TPSA) is 34.1 Å². The lowest BCUT2D eigenvalue weighted by atomic mass is 9.40. The molecule has 0 aliphatic heterocycles. The monoisotopic (exact) mass is 302 g/mol. The molecule has 0 bridgehead atoms. The number of carbonyl (C=O) groups is 2. The molecule has 2 fully saturated rings. The van der Waals surface area contributed by atoms with Crippen molar-refractivity contribution in [3.05, 3.63) is 11.6 Å². The fourth-order valence-electron chi connectivity index (χ4n) is 6.71. The largest absolute Gasteiger partial charge is 0.303 e. The number of hydrogen-bond donors (Lipinski definition) is 0. The lowest BCUT2D eigenvalue weighted by Crippen LogP contribution is -2.58. The molecule has 0 saturated heterocycles. The maximum atomic E-state index is 11.8. The van der Waals surface area contributed by atoms with Crippen molar-refractivity contribution in [1.29, 1.82) is 0 Å². The van der Waals surface area contributed by atoms with E-state index in [0.717, 1.165) is 36.9 Å². The van der Waals surface area contributed by atoms with Gasteiger partial charge in [-0.2, -0.15) is 0 Å². The summed E-state index contributed by atoms with van der Waals surface area (Å²) >= 11 is 0. The van der Waals surface area contributed by atoms with Crippen molar-refractivity contribution < 1.29 is 9.59 Å². The van der Waals surface area contributed by atoms with Crippen LogP contribution >= 0.6 is 0 Å². The summed E-state index contributed by atoms with van der Waals surface area (Å²) in [7, 11) is 0. The zero-order chi connectivity index (χ0) is 16.2. The summed E-state index contributed by atoms with van der Waals surface area (Å²) in [5.41, 5.74) is 1.40. The fourth-order valence-corrected chi connectivity index (χ4v) is 6.71. The molecule has 2 heteroatoms. The van der Waals surface area contributed by atoms with Crippen LogP contribution in [-0.2, 0) is 9.59 Å². The minimum atomic E-state index is -0.202. The highest BCUT2D eigenvalue weighted by atomic mass is 16.1. The van der Waals surface area contributed by atoms with Crippen LogP contribution in [-0.4, -0.2) is 12.6 Å².